The Bertz CT molecular complexity index is 1080. The van der Waals surface area contributed by atoms with Crippen molar-refractivity contribution in [3.8, 4) is 11.1 Å². The van der Waals surface area contributed by atoms with E-state index in [0.717, 1.165) is 0 Å². The Labute approximate surface area is 163 Å². The van der Waals surface area contributed by atoms with E-state index in [-0.39, 0.29) is 5.41 Å². The maximum atomic E-state index is 2.37. The number of benzene rings is 4. The topological polar surface area (TPSA) is 0 Å². The van der Waals surface area contributed by atoms with Gasteiger partial charge < -0.3 is 0 Å². The lowest BCUT2D eigenvalue weighted by Crippen LogP contribution is -2.15. The van der Waals surface area contributed by atoms with E-state index in [2.05, 4.69) is 86.6 Å². The van der Waals surface area contributed by atoms with Gasteiger partial charge in [0.05, 0.1) is 0 Å². The first-order chi connectivity index (χ1) is 13.2. The van der Waals surface area contributed by atoms with Gasteiger partial charge in [-0.1, -0.05) is 102 Å². The third-order valence-corrected chi connectivity index (χ3v) is 5.40. The molecule has 138 valence electrons. The van der Waals surface area contributed by atoms with E-state index in [0.29, 0.717) is 0 Å². The maximum Gasteiger partial charge on any atom is 0.0165 e. The summed E-state index contributed by atoms with van der Waals surface area (Å²) in [5, 5.41) is 5.36. The van der Waals surface area contributed by atoms with Crippen LogP contribution in [0.5, 0.6) is 0 Å². The fraction of sp³-hybridized carbons (Fsp3) is 0.259. The zero-order chi connectivity index (χ0) is 19.6. The molecule has 0 spiro atoms. The highest BCUT2D eigenvalue weighted by Gasteiger charge is 2.36. The second kappa shape index (κ2) is 7.56. The van der Waals surface area contributed by atoms with Gasteiger partial charge in [0.15, 0.2) is 0 Å². The van der Waals surface area contributed by atoms with Crippen molar-refractivity contribution >= 4 is 21.5 Å². The second-order valence-electron chi connectivity index (χ2n) is 7.08. The largest absolute Gasteiger partial charge is 0.0683 e. The molecule has 0 aliphatic heterocycles. The Morgan fingerprint density at radius 1 is 0.556 bits per heavy atom. The van der Waals surface area contributed by atoms with E-state index in [9.17, 15) is 0 Å². The first kappa shape index (κ1) is 19.2. The average molecular weight is 355 g/mol. The molecule has 0 saturated carbocycles. The molecule has 27 heavy (non-hydrogen) atoms. The summed E-state index contributed by atoms with van der Waals surface area (Å²) >= 11 is 0. The summed E-state index contributed by atoms with van der Waals surface area (Å²) in [5.41, 5.74) is 5.75. The molecule has 0 saturated heterocycles. The zero-order valence-corrected chi connectivity index (χ0v) is 17.4. The molecule has 0 N–H and O–H groups in total. The molecule has 0 nitrogen and oxygen atoms in total. The predicted octanol–water partition coefficient (Wildman–Crippen LogP) is 8.35. The van der Waals surface area contributed by atoms with Gasteiger partial charge in [0.2, 0.25) is 0 Å². The van der Waals surface area contributed by atoms with Crippen LogP contribution >= 0.6 is 0 Å². The van der Waals surface area contributed by atoms with Gasteiger partial charge >= 0.3 is 0 Å². The number of fused-ring (bicyclic) bond motifs is 6. The minimum Gasteiger partial charge on any atom is -0.0683 e. The van der Waals surface area contributed by atoms with Gasteiger partial charge in [0.25, 0.3) is 0 Å². The van der Waals surface area contributed by atoms with Crippen molar-refractivity contribution in [1.82, 2.24) is 0 Å². The molecule has 4 aromatic rings. The third-order valence-electron chi connectivity index (χ3n) is 5.40. The molecule has 1 aliphatic rings. The van der Waals surface area contributed by atoms with Crippen LogP contribution in [0.1, 0.15) is 52.7 Å². The summed E-state index contributed by atoms with van der Waals surface area (Å²) in [4.78, 5) is 0. The molecule has 0 atom stereocenters. The molecular weight excluding hydrogens is 324 g/mol. The molecule has 0 unspecified atom stereocenters. The van der Waals surface area contributed by atoms with Crippen molar-refractivity contribution in [2.24, 2.45) is 0 Å². The van der Waals surface area contributed by atoms with Crippen molar-refractivity contribution < 1.29 is 0 Å². The van der Waals surface area contributed by atoms with Crippen LogP contribution in [0, 0.1) is 0 Å². The summed E-state index contributed by atoms with van der Waals surface area (Å²) in [6.45, 7) is 12.7. The van der Waals surface area contributed by atoms with Gasteiger partial charge in [-0.15, -0.1) is 0 Å². The first-order valence-corrected chi connectivity index (χ1v) is 10.2. The summed E-state index contributed by atoms with van der Waals surface area (Å²) in [7, 11) is 0. The van der Waals surface area contributed by atoms with Gasteiger partial charge in [-0.05, 0) is 55.9 Å². The van der Waals surface area contributed by atoms with Crippen LogP contribution in [-0.2, 0) is 5.41 Å². The van der Waals surface area contributed by atoms with Gasteiger partial charge in [0, 0.05) is 5.41 Å². The van der Waals surface area contributed by atoms with E-state index in [1.807, 2.05) is 27.7 Å². The molecule has 0 heteroatoms. The van der Waals surface area contributed by atoms with E-state index in [1.54, 1.807) is 0 Å². The summed E-state index contributed by atoms with van der Waals surface area (Å²) in [5.74, 6) is 0. The monoisotopic (exact) mass is 354 g/mol. The Kier molecular flexibility index (Phi) is 5.37. The van der Waals surface area contributed by atoms with Crippen molar-refractivity contribution in [3.63, 3.8) is 0 Å². The lowest BCUT2D eigenvalue weighted by atomic mass is 9.80. The van der Waals surface area contributed by atoms with E-state index in [1.165, 1.54) is 43.8 Å². The summed E-state index contributed by atoms with van der Waals surface area (Å²) in [6.07, 6.45) is 0. The quantitative estimate of drug-likeness (QED) is 0.278. The Balaban J connectivity index is 0.000000495. The van der Waals surface area contributed by atoms with Crippen LogP contribution in [0.3, 0.4) is 0 Å². The van der Waals surface area contributed by atoms with Crippen LogP contribution < -0.4 is 0 Å². The highest BCUT2D eigenvalue weighted by atomic mass is 14.4. The van der Waals surface area contributed by atoms with Crippen molar-refractivity contribution in [2.75, 3.05) is 0 Å². The van der Waals surface area contributed by atoms with Gasteiger partial charge in [0.1, 0.15) is 0 Å². The van der Waals surface area contributed by atoms with Crippen LogP contribution in [0.15, 0.2) is 72.8 Å². The van der Waals surface area contributed by atoms with Crippen LogP contribution in [0.25, 0.3) is 32.7 Å². The minimum atomic E-state index is 0.0495. The summed E-state index contributed by atoms with van der Waals surface area (Å²) < 4.78 is 0. The van der Waals surface area contributed by atoms with E-state index < -0.39 is 0 Å². The Morgan fingerprint density at radius 3 is 1.85 bits per heavy atom. The molecule has 0 heterocycles. The molecular formula is C27H30. The van der Waals surface area contributed by atoms with Gasteiger partial charge in [-0.2, -0.15) is 0 Å². The number of hydrogen-bond acceptors (Lipinski definition) is 0. The van der Waals surface area contributed by atoms with Crippen molar-refractivity contribution in [1.29, 1.82) is 0 Å². The fourth-order valence-electron chi connectivity index (χ4n) is 4.31. The standard InChI is InChI=1S/C23H18.2C2H6/c1-23(2)21-10-6-5-9-18(21)19-12-11-17-13-15-7-3-4-8-16(15)14-20(17)22(19)23;2*1-2/h3-14H,1-2H3;2*1-2H3. The molecule has 0 radical (unpaired) electrons. The van der Waals surface area contributed by atoms with Crippen LogP contribution in [0.4, 0.5) is 0 Å². The zero-order valence-electron chi connectivity index (χ0n) is 17.4. The molecule has 0 bridgehead atoms. The molecule has 0 fully saturated rings. The van der Waals surface area contributed by atoms with Gasteiger partial charge in [-0.25, -0.2) is 0 Å². The van der Waals surface area contributed by atoms with Crippen molar-refractivity contribution in [3.05, 3.63) is 83.9 Å². The minimum absolute atomic E-state index is 0.0495. The van der Waals surface area contributed by atoms with Crippen LogP contribution in [0.2, 0.25) is 0 Å². The second-order valence-corrected chi connectivity index (χ2v) is 7.08. The normalized spacial score (nSPS) is 13.1. The Hall–Kier alpha value is -2.60. The van der Waals surface area contributed by atoms with Crippen molar-refractivity contribution in [2.45, 2.75) is 47.0 Å². The highest BCUT2D eigenvalue weighted by molar-refractivity contribution is 6.04. The maximum absolute atomic E-state index is 2.37. The lowest BCUT2D eigenvalue weighted by molar-refractivity contribution is 0.666. The molecule has 0 amide bonds. The van der Waals surface area contributed by atoms with E-state index >= 15 is 0 Å². The third kappa shape index (κ3) is 2.94. The number of rotatable bonds is 0. The molecule has 1 aliphatic carbocycles. The van der Waals surface area contributed by atoms with Crippen LogP contribution in [-0.4, -0.2) is 0 Å². The van der Waals surface area contributed by atoms with Gasteiger partial charge in [-0.3, -0.25) is 0 Å². The average Bonchev–Trinajstić information content (AvgIpc) is 2.97. The van der Waals surface area contributed by atoms with E-state index in [4.69, 9.17) is 0 Å². The highest BCUT2D eigenvalue weighted by Crippen LogP contribution is 2.51. The molecule has 0 aromatic heterocycles. The number of hydrogen-bond donors (Lipinski definition) is 0. The molecule has 5 rings (SSSR count). The summed E-state index contributed by atoms with van der Waals surface area (Å²) in [6, 6.07) is 26.8. The smallest absolute Gasteiger partial charge is 0.0165 e. The fourth-order valence-corrected chi connectivity index (χ4v) is 4.31. The molecule has 4 aromatic carbocycles. The lowest BCUT2D eigenvalue weighted by Gasteiger charge is -2.23. The Morgan fingerprint density at radius 2 is 1.15 bits per heavy atom. The first-order valence-electron chi connectivity index (χ1n) is 10.2. The SMILES string of the molecule is CC.CC.CC1(C)c2ccccc2-c2ccc3cc4ccccc4cc3c21. The predicted molar refractivity (Wildman–Crippen MR) is 122 cm³/mol.